The van der Waals surface area contributed by atoms with Crippen molar-refractivity contribution in [1.82, 2.24) is 4.98 Å². The number of aromatic amines is 1. The zero-order chi connectivity index (χ0) is 23.1. The van der Waals surface area contributed by atoms with Crippen LogP contribution in [0.2, 0.25) is 0 Å². The maximum absolute atomic E-state index is 3.77. The fourth-order valence-corrected chi connectivity index (χ4v) is 6.91. The van der Waals surface area contributed by atoms with Crippen molar-refractivity contribution < 1.29 is 0 Å². The standard InChI is InChI=1S/C33H26N2/c1-33(19-20-9-8-16-30-32(20)23-12-4-7-15-29(23)34-30)26-13-5-2-10-21(26)24-17-25-22-11-3-6-14-28(22)35-31(25)18-27(24)33/h2-14,16-18,29,34-35H,15,19H2,1H3. The summed E-state index contributed by atoms with van der Waals surface area (Å²) < 4.78 is 0. The average Bonchev–Trinajstić information content (AvgIpc) is 3.52. The minimum Gasteiger partial charge on any atom is -0.377 e. The van der Waals surface area contributed by atoms with Gasteiger partial charge >= 0.3 is 0 Å². The quantitative estimate of drug-likeness (QED) is 0.280. The lowest BCUT2D eigenvalue weighted by Crippen LogP contribution is -2.24. The number of para-hydroxylation sites is 1. The molecule has 2 heteroatoms. The van der Waals surface area contributed by atoms with Gasteiger partial charge in [0.15, 0.2) is 0 Å². The third-order valence-corrected chi connectivity index (χ3v) is 8.52. The van der Waals surface area contributed by atoms with Crippen molar-refractivity contribution in [3.63, 3.8) is 0 Å². The van der Waals surface area contributed by atoms with Gasteiger partial charge in [-0.3, -0.25) is 0 Å². The fraction of sp³-hybridized carbons (Fsp3) is 0.152. The Hall–Kier alpha value is -4.04. The lowest BCUT2D eigenvalue weighted by atomic mass is 9.74. The van der Waals surface area contributed by atoms with Crippen LogP contribution in [-0.4, -0.2) is 11.0 Å². The first-order chi connectivity index (χ1) is 17.2. The molecule has 3 aliphatic rings. The summed E-state index contributed by atoms with van der Waals surface area (Å²) in [5.41, 5.74) is 13.5. The van der Waals surface area contributed by atoms with Crippen molar-refractivity contribution in [1.29, 1.82) is 0 Å². The Morgan fingerprint density at radius 2 is 1.71 bits per heavy atom. The van der Waals surface area contributed by atoms with Crippen molar-refractivity contribution >= 4 is 33.1 Å². The number of nitrogens with one attached hydrogen (secondary N) is 2. The minimum atomic E-state index is -0.102. The van der Waals surface area contributed by atoms with Crippen LogP contribution in [0.3, 0.4) is 0 Å². The highest BCUT2D eigenvalue weighted by Gasteiger charge is 2.41. The first kappa shape index (κ1) is 19.3. The van der Waals surface area contributed by atoms with Crippen molar-refractivity contribution in [3.8, 4) is 11.1 Å². The molecule has 2 nitrogen and oxygen atoms in total. The van der Waals surface area contributed by atoms with Crippen LogP contribution >= 0.6 is 0 Å². The van der Waals surface area contributed by atoms with Gasteiger partial charge in [0.2, 0.25) is 0 Å². The largest absolute Gasteiger partial charge is 0.377 e. The van der Waals surface area contributed by atoms with Crippen molar-refractivity contribution in [3.05, 3.63) is 119 Å². The van der Waals surface area contributed by atoms with Crippen LogP contribution in [0.4, 0.5) is 5.69 Å². The summed E-state index contributed by atoms with van der Waals surface area (Å²) >= 11 is 0. The van der Waals surface area contributed by atoms with Crippen LogP contribution in [0.25, 0.3) is 38.5 Å². The maximum atomic E-state index is 3.77. The molecule has 2 N–H and O–H groups in total. The third-order valence-electron chi connectivity index (χ3n) is 8.52. The summed E-state index contributed by atoms with van der Waals surface area (Å²) in [5.74, 6) is 0. The summed E-state index contributed by atoms with van der Waals surface area (Å²) in [6.45, 7) is 2.45. The zero-order valence-electron chi connectivity index (χ0n) is 19.7. The van der Waals surface area contributed by atoms with E-state index in [0.29, 0.717) is 6.04 Å². The number of allylic oxidation sites excluding steroid dienone is 2. The molecule has 1 aliphatic heterocycles. The molecule has 0 bridgehead atoms. The van der Waals surface area contributed by atoms with Crippen molar-refractivity contribution in [2.45, 2.75) is 31.2 Å². The van der Waals surface area contributed by atoms with E-state index in [0.717, 1.165) is 12.8 Å². The molecule has 168 valence electrons. The summed E-state index contributed by atoms with van der Waals surface area (Å²) in [7, 11) is 0. The van der Waals surface area contributed by atoms with Gasteiger partial charge in [0.05, 0.1) is 6.04 Å². The van der Waals surface area contributed by atoms with E-state index in [9.17, 15) is 0 Å². The Bertz CT molecular complexity index is 1750. The van der Waals surface area contributed by atoms with E-state index in [1.165, 1.54) is 66.4 Å². The monoisotopic (exact) mass is 450 g/mol. The number of rotatable bonds is 2. The SMILES string of the molecule is CC1(Cc2cccc3c2C2=CC=CCC2N3)c2ccccc2-c2cc3c(cc21)[nH]c1ccccc13. The van der Waals surface area contributed by atoms with E-state index in [1.807, 2.05) is 0 Å². The molecule has 5 aromatic rings. The molecule has 0 saturated carbocycles. The second-order valence-corrected chi connectivity index (χ2v) is 10.5. The predicted molar refractivity (Wildman–Crippen MR) is 147 cm³/mol. The number of aromatic nitrogens is 1. The maximum Gasteiger partial charge on any atom is 0.0555 e. The topological polar surface area (TPSA) is 27.8 Å². The molecule has 0 fully saturated rings. The molecule has 0 spiro atoms. The van der Waals surface area contributed by atoms with Gasteiger partial charge in [0, 0.05) is 38.5 Å². The number of fused-ring (bicyclic) bond motifs is 9. The number of H-pyrrole nitrogens is 1. The van der Waals surface area contributed by atoms with E-state index in [1.54, 1.807) is 0 Å². The molecule has 1 aromatic heterocycles. The molecule has 2 heterocycles. The molecule has 0 saturated heterocycles. The van der Waals surface area contributed by atoms with E-state index < -0.39 is 0 Å². The number of benzene rings is 4. The smallest absolute Gasteiger partial charge is 0.0555 e. The van der Waals surface area contributed by atoms with Crippen LogP contribution < -0.4 is 5.32 Å². The van der Waals surface area contributed by atoms with E-state index in [2.05, 4.69) is 114 Å². The summed E-state index contributed by atoms with van der Waals surface area (Å²) in [6.07, 6.45) is 8.82. The Morgan fingerprint density at radius 1 is 0.829 bits per heavy atom. The second kappa shape index (κ2) is 6.76. The third kappa shape index (κ3) is 2.54. The lowest BCUT2D eigenvalue weighted by molar-refractivity contribution is 0.583. The molecule has 4 aromatic carbocycles. The van der Waals surface area contributed by atoms with Crippen LogP contribution in [0, 0.1) is 0 Å². The first-order valence-electron chi connectivity index (χ1n) is 12.6. The Morgan fingerprint density at radius 3 is 2.69 bits per heavy atom. The van der Waals surface area contributed by atoms with E-state index >= 15 is 0 Å². The highest BCUT2D eigenvalue weighted by Crippen LogP contribution is 2.53. The number of hydrogen-bond acceptors (Lipinski definition) is 1. The van der Waals surface area contributed by atoms with Gasteiger partial charge in [-0.25, -0.2) is 0 Å². The fourth-order valence-electron chi connectivity index (χ4n) is 6.91. The van der Waals surface area contributed by atoms with Gasteiger partial charge in [-0.05, 0) is 70.5 Å². The first-order valence-corrected chi connectivity index (χ1v) is 12.6. The molecule has 0 radical (unpaired) electrons. The van der Waals surface area contributed by atoms with Gasteiger partial charge in [-0.1, -0.05) is 79.7 Å². The van der Waals surface area contributed by atoms with Crippen LogP contribution in [0.15, 0.2) is 97.1 Å². The van der Waals surface area contributed by atoms with Gasteiger partial charge < -0.3 is 10.3 Å². The zero-order valence-corrected chi connectivity index (χ0v) is 19.7. The summed E-state index contributed by atoms with van der Waals surface area (Å²) in [6, 6.07) is 29.7. The normalized spacial score (nSPS) is 21.4. The molecule has 35 heavy (non-hydrogen) atoms. The van der Waals surface area contributed by atoms with E-state index in [-0.39, 0.29) is 5.41 Å². The highest BCUT2D eigenvalue weighted by atomic mass is 15.0. The number of hydrogen-bond donors (Lipinski definition) is 2. The molecule has 0 amide bonds. The molecule has 2 atom stereocenters. The Labute approximate surface area is 205 Å². The summed E-state index contributed by atoms with van der Waals surface area (Å²) in [4.78, 5) is 3.69. The molecule has 2 unspecified atom stereocenters. The molecular formula is C33H26N2. The lowest BCUT2D eigenvalue weighted by Gasteiger charge is -2.29. The molecule has 8 rings (SSSR count). The number of anilines is 1. The van der Waals surface area contributed by atoms with Gasteiger partial charge in [-0.15, -0.1) is 0 Å². The highest BCUT2D eigenvalue weighted by molar-refractivity contribution is 6.09. The van der Waals surface area contributed by atoms with Gasteiger partial charge in [0.1, 0.15) is 0 Å². The molecule has 2 aliphatic carbocycles. The average molecular weight is 451 g/mol. The van der Waals surface area contributed by atoms with Crippen LogP contribution in [0.5, 0.6) is 0 Å². The van der Waals surface area contributed by atoms with E-state index in [4.69, 9.17) is 0 Å². The Balaban J connectivity index is 1.35. The predicted octanol–water partition coefficient (Wildman–Crippen LogP) is 7.99. The second-order valence-electron chi connectivity index (χ2n) is 10.5. The van der Waals surface area contributed by atoms with Crippen molar-refractivity contribution in [2.24, 2.45) is 0 Å². The van der Waals surface area contributed by atoms with Gasteiger partial charge in [0.25, 0.3) is 0 Å². The Kier molecular flexibility index (Phi) is 3.73. The molecular weight excluding hydrogens is 424 g/mol. The van der Waals surface area contributed by atoms with Crippen LogP contribution in [-0.2, 0) is 11.8 Å². The minimum absolute atomic E-state index is 0.102. The van der Waals surface area contributed by atoms with Crippen LogP contribution in [0.1, 0.15) is 35.6 Å². The van der Waals surface area contributed by atoms with Gasteiger partial charge in [-0.2, -0.15) is 0 Å². The van der Waals surface area contributed by atoms with Crippen molar-refractivity contribution in [2.75, 3.05) is 5.32 Å². The summed E-state index contributed by atoms with van der Waals surface area (Å²) in [5, 5.41) is 6.38.